The molecule has 0 aromatic carbocycles. The van der Waals surface area contributed by atoms with E-state index in [2.05, 4.69) is 23.4 Å². The smallest absolute Gasteiger partial charge is 0.232 e. The van der Waals surface area contributed by atoms with Crippen LogP contribution in [0.3, 0.4) is 0 Å². The van der Waals surface area contributed by atoms with Crippen molar-refractivity contribution in [1.82, 2.24) is 9.80 Å². The third kappa shape index (κ3) is 2.67. The minimum atomic E-state index is 0.0269. The zero-order valence-corrected chi connectivity index (χ0v) is 14.9. The highest BCUT2D eigenvalue weighted by Crippen LogP contribution is 2.49. The van der Waals surface area contributed by atoms with E-state index in [0.29, 0.717) is 10.9 Å². The molecular formula is C17H25N3O2S. The molecule has 0 spiro atoms. The third-order valence-corrected chi connectivity index (χ3v) is 6.56. The minimum Gasteiger partial charge on any atom is -0.506 e. The summed E-state index contributed by atoms with van der Waals surface area (Å²) in [5, 5.41) is 10.5. The Hall–Kier alpha value is -1.43. The first kappa shape index (κ1) is 16.4. The van der Waals surface area contributed by atoms with Crippen molar-refractivity contribution < 1.29 is 9.90 Å². The predicted molar refractivity (Wildman–Crippen MR) is 94.4 cm³/mol. The van der Waals surface area contributed by atoms with Gasteiger partial charge >= 0.3 is 0 Å². The molecule has 2 fully saturated rings. The zero-order valence-electron chi connectivity index (χ0n) is 14.1. The topological polar surface area (TPSA) is 56.1 Å². The van der Waals surface area contributed by atoms with Crippen molar-refractivity contribution in [3.8, 4) is 0 Å². The highest BCUT2D eigenvalue weighted by molar-refractivity contribution is 8.03. The summed E-state index contributed by atoms with van der Waals surface area (Å²) in [4.78, 5) is 21.7. The van der Waals surface area contributed by atoms with E-state index >= 15 is 0 Å². The molecule has 3 aliphatic rings. The molecule has 126 valence electrons. The number of carbonyl (C=O) groups is 1. The lowest BCUT2D eigenvalue weighted by Crippen LogP contribution is -2.57. The maximum atomic E-state index is 12.3. The van der Waals surface area contributed by atoms with Gasteiger partial charge in [0.25, 0.3) is 0 Å². The molecule has 3 atom stereocenters. The van der Waals surface area contributed by atoms with E-state index < -0.39 is 0 Å². The van der Waals surface area contributed by atoms with Gasteiger partial charge in [-0.25, -0.2) is 0 Å². The number of amides is 1. The molecule has 0 radical (unpaired) electrons. The van der Waals surface area contributed by atoms with Gasteiger partial charge in [-0.05, 0) is 19.8 Å². The number of nitrogens with zero attached hydrogens (tertiary/aromatic N) is 3. The SMILES string of the molecule is C=C(O)C1=C(SC2CCN(/C(C)=N/C)C2)CC2[C@@H](CC)C(=O)N12. The molecule has 3 rings (SSSR count). The minimum absolute atomic E-state index is 0.0269. The fourth-order valence-electron chi connectivity index (χ4n) is 3.85. The van der Waals surface area contributed by atoms with Crippen LogP contribution in [0.4, 0.5) is 0 Å². The quantitative estimate of drug-likeness (QED) is 0.371. The van der Waals surface area contributed by atoms with Gasteiger partial charge in [-0.2, -0.15) is 0 Å². The first-order chi connectivity index (χ1) is 11.0. The molecule has 0 saturated carbocycles. The Morgan fingerprint density at radius 1 is 1.52 bits per heavy atom. The molecule has 23 heavy (non-hydrogen) atoms. The maximum absolute atomic E-state index is 12.3. The first-order valence-corrected chi connectivity index (χ1v) is 9.15. The predicted octanol–water partition coefficient (Wildman–Crippen LogP) is 2.77. The van der Waals surface area contributed by atoms with Crippen LogP contribution in [0.1, 0.15) is 33.1 Å². The van der Waals surface area contributed by atoms with E-state index in [1.165, 1.54) is 0 Å². The second kappa shape index (κ2) is 6.23. The van der Waals surface area contributed by atoms with Crippen LogP contribution in [-0.2, 0) is 4.79 Å². The molecule has 0 aromatic heterocycles. The summed E-state index contributed by atoms with van der Waals surface area (Å²) >= 11 is 1.81. The van der Waals surface area contributed by atoms with Crippen LogP contribution in [0, 0.1) is 5.92 Å². The fourth-order valence-corrected chi connectivity index (χ4v) is 5.32. The van der Waals surface area contributed by atoms with Crippen LogP contribution >= 0.6 is 11.8 Å². The molecule has 6 heteroatoms. The molecule has 1 N–H and O–H groups in total. The van der Waals surface area contributed by atoms with E-state index in [1.807, 2.05) is 25.7 Å². The lowest BCUT2D eigenvalue weighted by molar-refractivity contribution is -0.150. The van der Waals surface area contributed by atoms with E-state index in [4.69, 9.17) is 0 Å². The molecule has 5 nitrogen and oxygen atoms in total. The molecule has 2 saturated heterocycles. The van der Waals surface area contributed by atoms with Gasteiger partial charge in [0.15, 0.2) is 0 Å². The van der Waals surface area contributed by atoms with E-state index in [1.54, 1.807) is 4.90 Å². The van der Waals surface area contributed by atoms with Crippen molar-refractivity contribution in [2.24, 2.45) is 10.9 Å². The molecule has 1 amide bonds. The number of hydrogen-bond acceptors (Lipinski definition) is 4. The van der Waals surface area contributed by atoms with Gasteiger partial charge < -0.3 is 14.9 Å². The van der Waals surface area contributed by atoms with E-state index in [-0.39, 0.29) is 23.6 Å². The normalized spacial score (nSPS) is 30.8. The summed E-state index contributed by atoms with van der Waals surface area (Å²) < 4.78 is 0. The number of β-lactam (4-membered cyclic amide) rings is 1. The summed E-state index contributed by atoms with van der Waals surface area (Å²) in [6.45, 7) is 9.77. The number of carbonyl (C=O) groups excluding carboxylic acids is 1. The number of thioether (sulfide) groups is 1. The van der Waals surface area contributed by atoms with Crippen LogP contribution in [0.5, 0.6) is 0 Å². The van der Waals surface area contributed by atoms with Crippen molar-refractivity contribution >= 4 is 23.5 Å². The van der Waals surface area contributed by atoms with Crippen LogP contribution in [-0.4, -0.2) is 58.1 Å². The molecule has 0 aromatic rings. The first-order valence-electron chi connectivity index (χ1n) is 8.27. The van der Waals surface area contributed by atoms with Crippen molar-refractivity contribution in [2.75, 3.05) is 20.1 Å². The fraction of sp³-hybridized carbons (Fsp3) is 0.647. The van der Waals surface area contributed by atoms with Gasteiger partial charge in [-0.3, -0.25) is 9.79 Å². The number of hydrogen-bond donors (Lipinski definition) is 1. The Balaban J connectivity index is 1.73. The highest BCUT2D eigenvalue weighted by Gasteiger charge is 2.53. The largest absolute Gasteiger partial charge is 0.506 e. The summed E-state index contributed by atoms with van der Waals surface area (Å²) in [5.41, 5.74) is 0.675. The second-order valence-electron chi connectivity index (χ2n) is 6.46. The van der Waals surface area contributed by atoms with Gasteiger partial charge in [-0.1, -0.05) is 13.5 Å². The number of aliphatic imine (C=N–C) groups is 1. The molecule has 0 aliphatic carbocycles. The number of aliphatic hydroxyl groups excluding tert-OH is 1. The number of rotatable bonds is 4. The monoisotopic (exact) mass is 335 g/mol. The number of aliphatic hydroxyl groups is 1. The van der Waals surface area contributed by atoms with Gasteiger partial charge in [0.2, 0.25) is 5.91 Å². The summed E-state index contributed by atoms with van der Waals surface area (Å²) in [5.74, 6) is 1.35. The number of likely N-dealkylation sites (tertiary alicyclic amines) is 1. The maximum Gasteiger partial charge on any atom is 0.232 e. The Kier molecular flexibility index (Phi) is 4.45. The van der Waals surface area contributed by atoms with Gasteiger partial charge in [0.05, 0.1) is 23.5 Å². The van der Waals surface area contributed by atoms with Gasteiger partial charge in [0.1, 0.15) is 5.76 Å². The summed E-state index contributed by atoms with van der Waals surface area (Å²) in [6, 6.07) is 0.227. The standard InChI is InChI=1S/C17H25N3O2S/c1-5-13-14-8-15(16(10(2)21)20(14)17(13)22)23-12-6-7-19(9-12)11(3)18-4/h12-14,21H,2,5-9H2,1,3-4H3/b18-11+/t12?,13-,14?/m1/s1. The van der Waals surface area contributed by atoms with Gasteiger partial charge in [-0.15, -0.1) is 11.8 Å². The third-order valence-electron chi connectivity index (χ3n) is 5.20. The summed E-state index contributed by atoms with van der Waals surface area (Å²) in [6.07, 6.45) is 2.83. The van der Waals surface area contributed by atoms with Crippen LogP contribution in [0.25, 0.3) is 0 Å². The Bertz CT molecular complexity index is 599. The average molecular weight is 335 g/mol. The zero-order chi connectivity index (χ0) is 16.7. The summed E-state index contributed by atoms with van der Waals surface area (Å²) in [7, 11) is 1.82. The molecule has 3 aliphatic heterocycles. The van der Waals surface area contributed by atoms with Crippen LogP contribution < -0.4 is 0 Å². The van der Waals surface area contributed by atoms with Crippen LogP contribution in [0.15, 0.2) is 27.9 Å². The second-order valence-corrected chi connectivity index (χ2v) is 7.85. The van der Waals surface area contributed by atoms with Crippen molar-refractivity contribution in [3.05, 3.63) is 22.9 Å². The Morgan fingerprint density at radius 2 is 2.26 bits per heavy atom. The van der Waals surface area contributed by atoms with Crippen molar-refractivity contribution in [2.45, 2.75) is 44.4 Å². The Morgan fingerprint density at radius 3 is 2.87 bits per heavy atom. The number of amidine groups is 1. The number of fused-ring (bicyclic) bond motifs is 1. The Labute approximate surface area is 142 Å². The van der Waals surface area contributed by atoms with Gasteiger partial charge in [0, 0.05) is 36.7 Å². The van der Waals surface area contributed by atoms with Crippen molar-refractivity contribution in [3.63, 3.8) is 0 Å². The molecular weight excluding hydrogens is 310 g/mol. The average Bonchev–Trinajstić information content (AvgIpc) is 3.10. The van der Waals surface area contributed by atoms with Crippen molar-refractivity contribution in [1.29, 1.82) is 0 Å². The lowest BCUT2D eigenvalue weighted by atomic mass is 9.85. The van der Waals surface area contributed by atoms with E-state index in [0.717, 1.165) is 43.1 Å². The lowest BCUT2D eigenvalue weighted by Gasteiger charge is -2.43. The van der Waals surface area contributed by atoms with E-state index in [9.17, 15) is 9.90 Å². The highest BCUT2D eigenvalue weighted by atomic mass is 32.2. The molecule has 2 unspecified atom stereocenters. The molecule has 0 bridgehead atoms. The van der Waals surface area contributed by atoms with Crippen LogP contribution in [0.2, 0.25) is 0 Å². The molecule has 3 heterocycles.